The number of aryl methyl sites for hydroxylation is 1. The number of nitrogens with one attached hydrogen (secondary N) is 1. The van der Waals surface area contributed by atoms with E-state index in [0.29, 0.717) is 6.10 Å². The van der Waals surface area contributed by atoms with Gasteiger partial charge in [-0.2, -0.15) is 0 Å². The summed E-state index contributed by atoms with van der Waals surface area (Å²) in [6.45, 7) is 8.24. The highest BCUT2D eigenvalue weighted by atomic mass is 16.5. The summed E-state index contributed by atoms with van der Waals surface area (Å²) in [5, 5.41) is 3.59. The normalized spacial score (nSPS) is 16.6. The predicted molar refractivity (Wildman–Crippen MR) is 104 cm³/mol. The van der Waals surface area contributed by atoms with Crippen LogP contribution in [0.1, 0.15) is 36.5 Å². The molecule has 1 aliphatic heterocycles. The van der Waals surface area contributed by atoms with Crippen molar-refractivity contribution in [3.63, 3.8) is 0 Å². The molecule has 1 fully saturated rings. The first-order valence-electron chi connectivity index (χ1n) is 9.03. The van der Waals surface area contributed by atoms with Crippen molar-refractivity contribution in [3.8, 4) is 5.75 Å². The Morgan fingerprint density at radius 3 is 2.68 bits per heavy atom. The van der Waals surface area contributed by atoms with Crippen molar-refractivity contribution in [1.29, 1.82) is 0 Å². The molecule has 1 atom stereocenters. The van der Waals surface area contributed by atoms with Gasteiger partial charge in [-0.3, -0.25) is 0 Å². The molecule has 2 aromatic carbocycles. The first-order chi connectivity index (χ1) is 12.2. The van der Waals surface area contributed by atoms with Crippen LogP contribution in [0.25, 0.3) is 5.57 Å². The molecule has 1 heterocycles. The van der Waals surface area contributed by atoms with E-state index in [1.165, 1.54) is 5.56 Å². The molecule has 0 aliphatic carbocycles. The van der Waals surface area contributed by atoms with Crippen LogP contribution in [0, 0.1) is 0 Å². The molecule has 1 unspecified atom stereocenters. The van der Waals surface area contributed by atoms with Crippen LogP contribution in [-0.4, -0.2) is 26.4 Å². The van der Waals surface area contributed by atoms with Gasteiger partial charge in [0.1, 0.15) is 5.75 Å². The summed E-state index contributed by atoms with van der Waals surface area (Å²) in [7, 11) is 1.68. The van der Waals surface area contributed by atoms with Gasteiger partial charge in [0.05, 0.1) is 13.2 Å². The quantitative estimate of drug-likeness (QED) is 0.779. The number of ether oxygens (including phenoxy) is 2. The Balaban J connectivity index is 1.83. The minimum absolute atomic E-state index is 0.312. The molecule has 0 amide bonds. The van der Waals surface area contributed by atoms with E-state index in [1.54, 1.807) is 7.11 Å². The van der Waals surface area contributed by atoms with E-state index in [0.717, 1.165) is 60.6 Å². The average Bonchev–Trinajstić information content (AvgIpc) is 3.19. The molecule has 2 aromatic rings. The van der Waals surface area contributed by atoms with Gasteiger partial charge in [-0.05, 0) is 54.2 Å². The lowest BCUT2D eigenvalue weighted by molar-refractivity contribution is 0.120. The summed E-state index contributed by atoms with van der Waals surface area (Å²) in [5.74, 6) is 0.856. The second-order valence-corrected chi connectivity index (χ2v) is 6.46. The summed E-state index contributed by atoms with van der Waals surface area (Å²) in [6.07, 6.45) is 3.62. The summed E-state index contributed by atoms with van der Waals surface area (Å²) in [5.41, 5.74) is 5.71. The highest BCUT2D eigenvalue weighted by molar-refractivity contribution is 5.85. The number of rotatable bonds is 7. The minimum atomic E-state index is 0.312. The Morgan fingerprint density at radius 2 is 2.04 bits per heavy atom. The van der Waals surface area contributed by atoms with Crippen LogP contribution in [0.5, 0.6) is 5.75 Å². The Morgan fingerprint density at radius 1 is 1.24 bits per heavy atom. The maximum absolute atomic E-state index is 5.74. The topological polar surface area (TPSA) is 30.5 Å². The van der Waals surface area contributed by atoms with Crippen LogP contribution in [0.3, 0.4) is 0 Å². The van der Waals surface area contributed by atoms with Crippen molar-refractivity contribution < 1.29 is 9.47 Å². The van der Waals surface area contributed by atoms with Crippen molar-refractivity contribution in [2.24, 2.45) is 0 Å². The second kappa shape index (κ2) is 8.21. The number of hydrogen-bond donors (Lipinski definition) is 1. The first-order valence-corrected chi connectivity index (χ1v) is 9.03. The van der Waals surface area contributed by atoms with Crippen LogP contribution >= 0.6 is 0 Å². The van der Waals surface area contributed by atoms with Gasteiger partial charge in [0.15, 0.2) is 0 Å². The molecule has 1 saturated heterocycles. The van der Waals surface area contributed by atoms with E-state index in [-0.39, 0.29) is 0 Å². The molecule has 0 spiro atoms. The SMILES string of the molecule is C=C(c1ccc(OC)cc1)c1ccc(CC)cc1NCC1CCCO1. The van der Waals surface area contributed by atoms with Gasteiger partial charge in [-0.25, -0.2) is 0 Å². The van der Waals surface area contributed by atoms with Crippen molar-refractivity contribution in [2.75, 3.05) is 25.6 Å². The van der Waals surface area contributed by atoms with Crippen LogP contribution in [0.15, 0.2) is 49.0 Å². The highest BCUT2D eigenvalue weighted by Crippen LogP contribution is 2.30. The third-order valence-corrected chi connectivity index (χ3v) is 4.80. The molecule has 3 nitrogen and oxygen atoms in total. The molecule has 0 aromatic heterocycles. The fourth-order valence-corrected chi connectivity index (χ4v) is 3.20. The highest BCUT2D eigenvalue weighted by Gasteiger charge is 2.16. The summed E-state index contributed by atoms with van der Waals surface area (Å²) in [6, 6.07) is 14.6. The maximum atomic E-state index is 5.74. The van der Waals surface area contributed by atoms with Gasteiger partial charge < -0.3 is 14.8 Å². The lowest BCUT2D eigenvalue weighted by Gasteiger charge is -2.18. The molecule has 0 bridgehead atoms. The van der Waals surface area contributed by atoms with Crippen molar-refractivity contribution >= 4 is 11.3 Å². The van der Waals surface area contributed by atoms with Crippen LogP contribution in [-0.2, 0) is 11.2 Å². The lowest BCUT2D eigenvalue weighted by atomic mass is 9.96. The standard InChI is InChI=1S/C22H27NO2/c1-4-17-7-12-21(16(2)18-8-10-19(24-3)11-9-18)22(14-17)23-15-20-6-5-13-25-20/h7-12,14,20,23H,2,4-6,13,15H2,1,3H3. The lowest BCUT2D eigenvalue weighted by Crippen LogP contribution is -2.19. The zero-order chi connectivity index (χ0) is 17.6. The molecule has 0 saturated carbocycles. The van der Waals surface area contributed by atoms with Gasteiger partial charge in [0.2, 0.25) is 0 Å². The Hall–Kier alpha value is -2.26. The fourth-order valence-electron chi connectivity index (χ4n) is 3.20. The molecule has 1 aliphatic rings. The Labute approximate surface area is 150 Å². The number of methoxy groups -OCH3 is 1. The van der Waals surface area contributed by atoms with E-state index in [1.807, 2.05) is 12.1 Å². The fraction of sp³-hybridized carbons (Fsp3) is 0.364. The van der Waals surface area contributed by atoms with E-state index in [2.05, 4.69) is 49.2 Å². The average molecular weight is 337 g/mol. The van der Waals surface area contributed by atoms with Crippen LogP contribution in [0.2, 0.25) is 0 Å². The maximum Gasteiger partial charge on any atom is 0.118 e. The van der Waals surface area contributed by atoms with Gasteiger partial charge in [0.25, 0.3) is 0 Å². The Bertz CT molecular complexity index is 715. The second-order valence-electron chi connectivity index (χ2n) is 6.46. The number of anilines is 1. The van der Waals surface area contributed by atoms with Gasteiger partial charge >= 0.3 is 0 Å². The molecule has 3 heteroatoms. The van der Waals surface area contributed by atoms with Gasteiger partial charge in [-0.1, -0.05) is 37.8 Å². The van der Waals surface area contributed by atoms with Gasteiger partial charge in [0, 0.05) is 24.4 Å². The van der Waals surface area contributed by atoms with E-state index in [4.69, 9.17) is 9.47 Å². The molecule has 3 rings (SSSR count). The molecule has 25 heavy (non-hydrogen) atoms. The minimum Gasteiger partial charge on any atom is -0.497 e. The third-order valence-electron chi connectivity index (χ3n) is 4.80. The zero-order valence-electron chi connectivity index (χ0n) is 15.2. The van der Waals surface area contributed by atoms with Crippen molar-refractivity contribution in [3.05, 3.63) is 65.7 Å². The molecular formula is C22H27NO2. The van der Waals surface area contributed by atoms with Crippen LogP contribution in [0.4, 0.5) is 5.69 Å². The summed E-state index contributed by atoms with van der Waals surface area (Å²) >= 11 is 0. The monoisotopic (exact) mass is 337 g/mol. The van der Waals surface area contributed by atoms with Crippen molar-refractivity contribution in [1.82, 2.24) is 0 Å². The Kier molecular flexibility index (Phi) is 5.77. The number of benzene rings is 2. The molecule has 132 valence electrons. The smallest absolute Gasteiger partial charge is 0.118 e. The van der Waals surface area contributed by atoms with Crippen LogP contribution < -0.4 is 10.1 Å². The molecule has 0 radical (unpaired) electrons. The largest absolute Gasteiger partial charge is 0.497 e. The third kappa shape index (κ3) is 4.23. The molecule has 1 N–H and O–H groups in total. The summed E-state index contributed by atoms with van der Waals surface area (Å²) in [4.78, 5) is 0. The summed E-state index contributed by atoms with van der Waals surface area (Å²) < 4.78 is 11.0. The first kappa shape index (κ1) is 17.6. The van der Waals surface area contributed by atoms with Crippen molar-refractivity contribution in [2.45, 2.75) is 32.3 Å². The van der Waals surface area contributed by atoms with E-state index in [9.17, 15) is 0 Å². The predicted octanol–water partition coefficient (Wildman–Crippen LogP) is 4.91. The molecular weight excluding hydrogens is 310 g/mol. The van der Waals surface area contributed by atoms with E-state index < -0.39 is 0 Å². The van der Waals surface area contributed by atoms with Gasteiger partial charge in [-0.15, -0.1) is 0 Å². The van der Waals surface area contributed by atoms with E-state index >= 15 is 0 Å². The number of hydrogen-bond acceptors (Lipinski definition) is 3. The zero-order valence-corrected chi connectivity index (χ0v) is 15.2.